The summed E-state index contributed by atoms with van der Waals surface area (Å²) in [7, 11) is 1.48. The minimum Gasteiger partial charge on any atom is -0.364 e. The molecule has 4 aromatic rings. The molecule has 1 aromatic carbocycles. The van der Waals surface area contributed by atoms with Crippen molar-refractivity contribution in [1.29, 1.82) is 0 Å². The van der Waals surface area contributed by atoms with Crippen molar-refractivity contribution < 1.29 is 18.8 Å². The zero-order chi connectivity index (χ0) is 29.2. The number of nitrogens with one attached hydrogen (secondary N) is 2. The number of likely N-dealkylation sites (N-methyl/N-ethyl adjacent to an activating group) is 1. The summed E-state index contributed by atoms with van der Waals surface area (Å²) in [6.45, 7) is 0.264. The number of carbonyl (C=O) groups excluding carboxylic acids is 3. The molecule has 3 aliphatic rings. The number of halogens is 2. The smallest absolute Gasteiger partial charge is 0.331 e. The first kappa shape index (κ1) is 26.3. The number of urea groups is 1. The second kappa shape index (κ2) is 9.76. The van der Waals surface area contributed by atoms with Gasteiger partial charge < -0.3 is 15.0 Å². The van der Waals surface area contributed by atoms with Crippen molar-refractivity contribution in [2.45, 2.75) is 37.4 Å². The van der Waals surface area contributed by atoms with Crippen LogP contribution in [0.4, 0.5) is 26.5 Å². The fourth-order valence-electron chi connectivity index (χ4n) is 5.38. The average Bonchev–Trinajstić information content (AvgIpc) is 3.88. The normalized spacial score (nSPS) is 21.7. The molecule has 0 radical (unpaired) electrons. The Morgan fingerprint density at radius 3 is 2.69 bits per heavy atom. The van der Waals surface area contributed by atoms with Crippen LogP contribution in [0.2, 0.25) is 5.02 Å². The Kier molecular flexibility index (Phi) is 6.12. The van der Waals surface area contributed by atoms with Crippen molar-refractivity contribution in [2.24, 2.45) is 5.92 Å². The average molecular weight is 589 g/mol. The molecule has 3 fully saturated rings. The molecule has 1 saturated heterocycles. The number of amides is 4. The van der Waals surface area contributed by atoms with E-state index in [1.165, 1.54) is 24.3 Å². The molecule has 2 aliphatic carbocycles. The van der Waals surface area contributed by atoms with E-state index in [2.05, 4.69) is 20.6 Å². The number of alkyl halides is 1. The molecule has 42 heavy (non-hydrogen) atoms. The molecule has 4 heterocycles. The number of fused-ring (bicyclic) bond motifs is 1. The molecular weight excluding hydrogens is 563 g/mol. The fourth-order valence-corrected chi connectivity index (χ4v) is 5.57. The maximum Gasteiger partial charge on any atom is 0.331 e. The molecule has 214 valence electrons. The number of pyridine rings is 1. The van der Waals surface area contributed by atoms with Crippen molar-refractivity contribution >= 4 is 52.4 Å². The summed E-state index contributed by atoms with van der Waals surface area (Å²) in [5, 5.41) is 6.28. The van der Waals surface area contributed by atoms with Gasteiger partial charge in [0.15, 0.2) is 5.65 Å². The van der Waals surface area contributed by atoms with Gasteiger partial charge in [0, 0.05) is 37.0 Å². The third-order valence-corrected chi connectivity index (χ3v) is 8.25. The second-order valence-electron chi connectivity index (χ2n) is 11.0. The molecule has 2 atom stereocenters. The molecule has 11 nitrogen and oxygen atoms in total. The first-order valence-corrected chi connectivity index (χ1v) is 14.0. The van der Waals surface area contributed by atoms with Crippen LogP contribution in [0.1, 0.15) is 42.0 Å². The number of hydrogen-bond donors (Lipinski definition) is 2. The Morgan fingerprint density at radius 1 is 1.14 bits per heavy atom. The predicted octanol–water partition coefficient (Wildman–Crippen LogP) is 4.49. The summed E-state index contributed by atoms with van der Waals surface area (Å²) in [4.78, 5) is 53.4. The molecule has 1 aliphatic heterocycles. The van der Waals surface area contributed by atoms with Crippen LogP contribution in [-0.2, 0) is 21.8 Å². The first-order valence-electron chi connectivity index (χ1n) is 13.6. The summed E-state index contributed by atoms with van der Waals surface area (Å²) in [5.74, 6) is -0.462. The summed E-state index contributed by atoms with van der Waals surface area (Å²) >= 11 is 6.00. The summed E-state index contributed by atoms with van der Waals surface area (Å²) in [5.41, 5.74) is 1.58. The minimum atomic E-state index is -1.76. The van der Waals surface area contributed by atoms with Gasteiger partial charge in [-0.25, -0.2) is 24.1 Å². The van der Waals surface area contributed by atoms with E-state index in [0.29, 0.717) is 45.9 Å². The number of aromatic nitrogens is 4. The lowest BCUT2D eigenvalue weighted by Gasteiger charge is -2.17. The van der Waals surface area contributed by atoms with Gasteiger partial charge in [-0.2, -0.15) is 0 Å². The van der Waals surface area contributed by atoms with Crippen molar-refractivity contribution in [1.82, 2.24) is 24.3 Å². The van der Waals surface area contributed by atoms with Crippen LogP contribution >= 0.6 is 11.6 Å². The molecule has 4 amide bonds. The number of benzene rings is 1. The van der Waals surface area contributed by atoms with Gasteiger partial charge in [0.2, 0.25) is 11.8 Å². The topological polar surface area (TPSA) is 125 Å². The van der Waals surface area contributed by atoms with Gasteiger partial charge in [-0.15, -0.1) is 0 Å². The van der Waals surface area contributed by atoms with Crippen LogP contribution in [0.5, 0.6) is 0 Å². The zero-order valence-electron chi connectivity index (χ0n) is 22.6. The van der Waals surface area contributed by atoms with Crippen molar-refractivity contribution in [3.63, 3.8) is 0 Å². The molecule has 2 saturated carbocycles. The Hall–Kier alpha value is -4.58. The number of hydrogen-bond acceptors (Lipinski definition) is 7. The van der Waals surface area contributed by atoms with E-state index in [9.17, 15) is 14.4 Å². The third-order valence-electron chi connectivity index (χ3n) is 8.01. The van der Waals surface area contributed by atoms with Gasteiger partial charge in [-0.3, -0.25) is 19.4 Å². The number of imidazole rings is 1. The summed E-state index contributed by atoms with van der Waals surface area (Å²) in [6, 6.07) is 9.63. The van der Waals surface area contributed by atoms with Crippen LogP contribution in [0.15, 0.2) is 55.1 Å². The molecule has 7 rings (SSSR count). The fraction of sp³-hybridized carbons (Fsp3) is 0.310. The molecule has 3 aromatic heterocycles. The quantitative estimate of drug-likeness (QED) is 0.291. The van der Waals surface area contributed by atoms with E-state index in [1.807, 2.05) is 22.9 Å². The van der Waals surface area contributed by atoms with Gasteiger partial charge in [-0.1, -0.05) is 23.7 Å². The second-order valence-corrected chi connectivity index (χ2v) is 11.4. The molecule has 13 heteroatoms. The molecular formula is C29H26ClFN8O3. The van der Waals surface area contributed by atoms with Gasteiger partial charge in [0.25, 0.3) is 0 Å². The SMILES string of the molecule is CN1C(=O)CN(c2cc(C3CC3)cn3cc(CNc4cc(NC(=O)[C@H]5C[C@@]5(F)c5cccc(Cl)c5)ncn4)nc23)C1=O. The highest BCUT2D eigenvalue weighted by Crippen LogP contribution is 2.56. The number of nitrogens with zero attached hydrogens (tertiary/aromatic N) is 6. The first-order chi connectivity index (χ1) is 20.2. The lowest BCUT2D eigenvalue weighted by atomic mass is 10.1. The van der Waals surface area contributed by atoms with Crippen LogP contribution in [-0.4, -0.2) is 55.7 Å². The highest BCUT2D eigenvalue weighted by molar-refractivity contribution is 6.30. The Balaban J connectivity index is 1.06. The van der Waals surface area contributed by atoms with Gasteiger partial charge in [0.1, 0.15) is 30.2 Å². The Morgan fingerprint density at radius 2 is 1.95 bits per heavy atom. The Bertz CT molecular complexity index is 1770. The molecule has 0 bridgehead atoms. The van der Waals surface area contributed by atoms with Crippen molar-refractivity contribution in [3.05, 3.63) is 77.0 Å². The largest absolute Gasteiger partial charge is 0.364 e. The molecule has 2 N–H and O–H groups in total. The standard InChI is InChI=1S/C29H26ClFN8O3/c1-37-25(40)14-39(28(37)42)22-7-17(16-5-6-16)12-38-13-20(35-26(22)38)11-32-23-9-24(34-15-33-23)36-27(41)21-10-29(21,31)18-3-2-4-19(30)8-18/h2-4,7-9,12-13,15-16,21H,5-6,10-11,14H2,1H3,(H2,32,33,34,36,41)/t21-,29-/m1/s1. The van der Waals surface area contributed by atoms with Gasteiger partial charge in [-0.05, 0) is 48.1 Å². The van der Waals surface area contributed by atoms with E-state index >= 15 is 4.39 Å². The van der Waals surface area contributed by atoms with E-state index in [-0.39, 0.29) is 30.7 Å². The third kappa shape index (κ3) is 4.71. The van der Waals surface area contributed by atoms with Crippen LogP contribution in [0, 0.1) is 5.92 Å². The number of rotatable bonds is 8. The Labute approximate surface area is 244 Å². The number of carbonyl (C=O) groups is 3. The number of anilines is 3. The highest BCUT2D eigenvalue weighted by atomic mass is 35.5. The van der Waals surface area contributed by atoms with Crippen LogP contribution < -0.4 is 15.5 Å². The minimum absolute atomic E-state index is 0.0293. The van der Waals surface area contributed by atoms with E-state index < -0.39 is 17.5 Å². The van der Waals surface area contributed by atoms with Crippen molar-refractivity contribution in [2.75, 3.05) is 29.1 Å². The van der Waals surface area contributed by atoms with Crippen molar-refractivity contribution in [3.8, 4) is 0 Å². The monoisotopic (exact) mass is 588 g/mol. The maximum atomic E-state index is 15.4. The highest BCUT2D eigenvalue weighted by Gasteiger charge is 2.61. The van der Waals surface area contributed by atoms with Gasteiger partial charge >= 0.3 is 6.03 Å². The lowest BCUT2D eigenvalue weighted by molar-refractivity contribution is -0.124. The van der Waals surface area contributed by atoms with E-state index in [4.69, 9.17) is 16.6 Å². The van der Waals surface area contributed by atoms with E-state index in [1.54, 1.807) is 24.3 Å². The molecule has 0 unspecified atom stereocenters. The molecule has 0 spiro atoms. The van der Waals surface area contributed by atoms with Gasteiger partial charge in [0.05, 0.1) is 23.8 Å². The summed E-state index contributed by atoms with van der Waals surface area (Å²) in [6.07, 6.45) is 7.44. The zero-order valence-corrected chi connectivity index (χ0v) is 23.3. The van der Waals surface area contributed by atoms with E-state index in [0.717, 1.165) is 23.3 Å². The lowest BCUT2D eigenvalue weighted by Crippen LogP contribution is -2.30. The van der Waals surface area contributed by atoms with Crippen LogP contribution in [0.3, 0.4) is 0 Å². The predicted molar refractivity (Wildman–Crippen MR) is 153 cm³/mol. The van der Waals surface area contributed by atoms with Crippen LogP contribution in [0.25, 0.3) is 5.65 Å². The number of imide groups is 1. The summed E-state index contributed by atoms with van der Waals surface area (Å²) < 4.78 is 17.2. The maximum absolute atomic E-state index is 15.4.